The average molecular weight is 185 g/mol. The van der Waals surface area contributed by atoms with Gasteiger partial charge in [-0.3, -0.25) is 4.79 Å². The van der Waals surface area contributed by atoms with Gasteiger partial charge in [-0.15, -0.1) is 0 Å². The van der Waals surface area contributed by atoms with Crippen molar-refractivity contribution in [1.82, 2.24) is 0 Å². The smallest absolute Gasteiger partial charge is 0.307 e. The lowest BCUT2D eigenvalue weighted by molar-refractivity contribution is -0.136. The third-order valence-corrected chi connectivity index (χ3v) is 1.34. The van der Waals surface area contributed by atoms with E-state index in [1.807, 2.05) is 0 Å². The Morgan fingerprint density at radius 3 is 2.92 bits per heavy atom. The summed E-state index contributed by atoms with van der Waals surface area (Å²) in [6.45, 7) is 0. The van der Waals surface area contributed by atoms with E-state index in [2.05, 4.69) is 0 Å². The van der Waals surface area contributed by atoms with Crippen LogP contribution in [0.1, 0.15) is 9.68 Å². The molecule has 1 aromatic carbocycles. The van der Waals surface area contributed by atoms with Crippen LogP contribution in [0.2, 0.25) is 0 Å². The van der Waals surface area contributed by atoms with Crippen LogP contribution >= 0.6 is 0 Å². The van der Waals surface area contributed by atoms with Gasteiger partial charge >= 0.3 is 5.97 Å². The van der Waals surface area contributed by atoms with Crippen LogP contribution in [0.15, 0.2) is 18.1 Å². The number of methoxy groups -OCH3 is 1. The molecule has 70 valence electrons. The Labute approximate surface area is 79.6 Å². The number of hydrogen-bond donors (Lipinski definition) is 2. The SMILES string of the molecule is [2H]c1c([2H])c(CC(=O)O)c([2H])c(OC)c1O. The topological polar surface area (TPSA) is 66.8 Å². The molecular weight excluding hydrogens is 172 g/mol. The van der Waals surface area contributed by atoms with E-state index in [9.17, 15) is 9.90 Å². The number of rotatable bonds is 3. The maximum atomic E-state index is 10.5. The summed E-state index contributed by atoms with van der Waals surface area (Å²) in [5, 5.41) is 18.0. The Morgan fingerprint density at radius 1 is 1.69 bits per heavy atom. The van der Waals surface area contributed by atoms with Gasteiger partial charge in [0.05, 0.1) is 17.6 Å². The molecule has 0 aliphatic heterocycles. The molecule has 4 heteroatoms. The van der Waals surface area contributed by atoms with Crippen LogP contribution in [0.3, 0.4) is 0 Å². The fourth-order valence-electron chi connectivity index (χ4n) is 0.806. The number of phenolic OH excluding ortho intramolecular Hbond substituents is 1. The van der Waals surface area contributed by atoms with E-state index < -0.39 is 30.2 Å². The average Bonchev–Trinajstić information content (AvgIpc) is 2.22. The summed E-state index contributed by atoms with van der Waals surface area (Å²) >= 11 is 0. The van der Waals surface area contributed by atoms with E-state index in [1.54, 1.807) is 0 Å². The molecule has 0 unspecified atom stereocenters. The summed E-state index contributed by atoms with van der Waals surface area (Å²) in [4.78, 5) is 10.5. The number of carboxylic acid groups (broad SMARTS) is 1. The van der Waals surface area contributed by atoms with Crippen molar-refractivity contribution in [2.24, 2.45) is 0 Å². The lowest BCUT2D eigenvalue weighted by atomic mass is 10.1. The van der Waals surface area contributed by atoms with E-state index in [1.165, 1.54) is 7.11 Å². The Kier molecular flexibility index (Phi) is 1.71. The van der Waals surface area contributed by atoms with E-state index in [4.69, 9.17) is 14.0 Å². The summed E-state index contributed by atoms with van der Waals surface area (Å²) < 4.78 is 27.1. The second-order valence-corrected chi connectivity index (χ2v) is 2.31. The second kappa shape index (κ2) is 3.80. The fraction of sp³-hybridized carbons (Fsp3) is 0.222. The fourth-order valence-corrected chi connectivity index (χ4v) is 0.806. The van der Waals surface area contributed by atoms with Crippen molar-refractivity contribution in [1.29, 1.82) is 0 Å². The van der Waals surface area contributed by atoms with Gasteiger partial charge in [-0.1, -0.05) is 6.04 Å². The van der Waals surface area contributed by atoms with Crippen molar-refractivity contribution in [3.05, 3.63) is 23.7 Å². The van der Waals surface area contributed by atoms with Crippen molar-refractivity contribution >= 4 is 5.97 Å². The quantitative estimate of drug-likeness (QED) is 0.738. The summed E-state index contributed by atoms with van der Waals surface area (Å²) in [5.74, 6) is -2.11. The van der Waals surface area contributed by atoms with Gasteiger partial charge in [0.1, 0.15) is 0 Å². The van der Waals surface area contributed by atoms with Crippen LogP contribution in [0.5, 0.6) is 11.5 Å². The number of aromatic hydroxyl groups is 1. The zero-order valence-electron chi connectivity index (χ0n) is 9.92. The lowest BCUT2D eigenvalue weighted by Crippen LogP contribution is -2.00. The second-order valence-electron chi connectivity index (χ2n) is 2.31. The standard InChI is InChI=1S/C9H10O4/c1-13-8-4-6(5-9(11)12)2-3-7(8)10/h2-4,10H,5H2,1H3,(H,11,12)/i2D,3D,4D. The highest BCUT2D eigenvalue weighted by atomic mass is 16.5. The summed E-state index contributed by atoms with van der Waals surface area (Å²) in [7, 11) is 1.20. The van der Waals surface area contributed by atoms with Crippen molar-refractivity contribution < 1.29 is 23.9 Å². The Balaban J connectivity index is 3.48. The normalized spacial score (nSPS) is 12.8. The molecule has 0 spiro atoms. The molecule has 0 aliphatic carbocycles. The highest BCUT2D eigenvalue weighted by molar-refractivity contribution is 5.70. The first-order valence-corrected chi connectivity index (χ1v) is 3.47. The number of phenols is 1. The van der Waals surface area contributed by atoms with Crippen molar-refractivity contribution in [2.75, 3.05) is 7.11 Å². The molecule has 0 saturated heterocycles. The molecule has 4 nitrogen and oxygen atoms in total. The molecule has 0 heterocycles. The summed E-state index contributed by atoms with van der Waals surface area (Å²) in [5.41, 5.74) is -0.146. The number of hydrogen-bond acceptors (Lipinski definition) is 3. The zero-order chi connectivity index (χ0) is 12.5. The van der Waals surface area contributed by atoms with Crippen molar-refractivity contribution in [3.8, 4) is 11.5 Å². The van der Waals surface area contributed by atoms with E-state index >= 15 is 0 Å². The molecule has 0 aromatic heterocycles. The van der Waals surface area contributed by atoms with Gasteiger partial charge in [-0.25, -0.2) is 0 Å². The molecular formula is C9H10O4. The predicted molar refractivity (Wildman–Crippen MR) is 46.0 cm³/mol. The third kappa shape index (κ3) is 2.37. The van der Waals surface area contributed by atoms with Gasteiger partial charge in [0, 0.05) is 0 Å². The number of carboxylic acids is 1. The highest BCUT2D eigenvalue weighted by Crippen LogP contribution is 2.26. The molecule has 0 bridgehead atoms. The molecule has 1 aromatic rings. The predicted octanol–water partition coefficient (Wildman–Crippen LogP) is 1.03. The van der Waals surface area contributed by atoms with Crippen molar-refractivity contribution in [2.45, 2.75) is 6.42 Å². The minimum atomic E-state index is -1.21. The lowest BCUT2D eigenvalue weighted by Gasteiger charge is -2.04. The number of carbonyl (C=O) groups is 1. The van der Waals surface area contributed by atoms with Crippen molar-refractivity contribution in [3.63, 3.8) is 0 Å². The van der Waals surface area contributed by atoms with Crippen LogP contribution in [0, 0.1) is 0 Å². The van der Waals surface area contributed by atoms with Gasteiger partial charge in [0.2, 0.25) is 0 Å². The van der Waals surface area contributed by atoms with Gasteiger partial charge in [-0.2, -0.15) is 0 Å². The molecule has 0 aliphatic rings. The molecule has 0 saturated carbocycles. The minimum absolute atomic E-state index is 0.146. The Morgan fingerprint density at radius 2 is 2.38 bits per heavy atom. The monoisotopic (exact) mass is 185 g/mol. The van der Waals surface area contributed by atoms with Crippen LogP contribution < -0.4 is 4.74 Å². The van der Waals surface area contributed by atoms with Crippen LogP contribution in [-0.2, 0) is 11.2 Å². The van der Waals surface area contributed by atoms with Gasteiger partial charge in [-0.05, 0) is 17.6 Å². The molecule has 0 fully saturated rings. The first-order valence-electron chi connectivity index (χ1n) is 4.97. The van der Waals surface area contributed by atoms with Crippen LogP contribution in [0.25, 0.3) is 0 Å². The first-order chi connectivity index (χ1) is 7.40. The maximum Gasteiger partial charge on any atom is 0.307 e. The van der Waals surface area contributed by atoms with Gasteiger partial charge < -0.3 is 14.9 Å². The van der Waals surface area contributed by atoms with Crippen LogP contribution in [-0.4, -0.2) is 23.3 Å². The highest BCUT2D eigenvalue weighted by Gasteiger charge is 2.05. The van der Waals surface area contributed by atoms with Gasteiger partial charge in [0.15, 0.2) is 11.5 Å². The van der Waals surface area contributed by atoms with Crippen LogP contribution in [0.4, 0.5) is 0 Å². The van der Waals surface area contributed by atoms with Gasteiger partial charge in [0.25, 0.3) is 0 Å². The summed E-state index contributed by atoms with van der Waals surface area (Å²) in [6.07, 6.45) is -0.555. The third-order valence-electron chi connectivity index (χ3n) is 1.34. The Hall–Kier alpha value is -1.71. The zero-order valence-corrected chi connectivity index (χ0v) is 6.92. The molecule has 0 atom stereocenters. The molecule has 13 heavy (non-hydrogen) atoms. The van der Waals surface area contributed by atoms with E-state index in [0.717, 1.165) is 0 Å². The maximum absolute atomic E-state index is 10.5. The number of benzene rings is 1. The molecule has 1 rings (SSSR count). The van der Waals surface area contributed by atoms with E-state index in [0.29, 0.717) is 0 Å². The molecule has 2 N–H and O–H groups in total. The number of aliphatic carboxylic acids is 1. The van der Waals surface area contributed by atoms with E-state index in [-0.39, 0.29) is 17.4 Å². The minimum Gasteiger partial charge on any atom is -0.504 e. The molecule has 0 amide bonds. The Bertz CT molecular complexity index is 445. The summed E-state index contributed by atoms with van der Waals surface area (Å²) in [6, 6.07) is -1.38. The first kappa shape index (κ1) is 5.85. The largest absolute Gasteiger partial charge is 0.504 e. The number of ether oxygens (including phenoxy) is 1. The molecule has 0 radical (unpaired) electrons.